The summed E-state index contributed by atoms with van der Waals surface area (Å²) in [5, 5.41) is 17.0. The molecule has 1 aromatic rings. The van der Waals surface area contributed by atoms with Gasteiger partial charge in [0.1, 0.15) is 0 Å². The number of aromatic carboxylic acids is 2. The molecule has 0 heterocycles. The number of hydrogen-bond acceptors (Lipinski definition) is 4. The molecule has 6 N–H and O–H groups in total. The highest BCUT2D eigenvalue weighted by Crippen LogP contribution is 2.43. The Hall–Kier alpha value is -1.92. The van der Waals surface area contributed by atoms with Crippen LogP contribution in [0.5, 0.6) is 0 Å². The van der Waals surface area contributed by atoms with E-state index in [1.54, 1.807) is 0 Å². The van der Waals surface area contributed by atoms with Crippen molar-refractivity contribution in [2.45, 2.75) is 77.8 Å². The molecule has 3 rings (SSSR count). The fraction of sp³-hybridized carbons (Fsp3) is 0.680. The Bertz CT molecular complexity index is 683. The van der Waals surface area contributed by atoms with E-state index >= 15 is 0 Å². The summed E-state index contributed by atoms with van der Waals surface area (Å²) in [5.41, 5.74) is 12.3. The number of carbonyl (C=O) groups is 2. The molecule has 2 aliphatic rings. The second kappa shape index (κ2) is 11.6. The van der Waals surface area contributed by atoms with Gasteiger partial charge in [-0.1, -0.05) is 33.3 Å². The molecule has 174 valence electrons. The van der Waals surface area contributed by atoms with Crippen LogP contribution in [-0.4, -0.2) is 34.2 Å². The molecular weight excluding hydrogens is 392 g/mol. The van der Waals surface area contributed by atoms with Crippen molar-refractivity contribution in [1.29, 1.82) is 0 Å². The Kier molecular flexibility index (Phi) is 9.51. The lowest BCUT2D eigenvalue weighted by molar-refractivity contribution is 0.0696. The Morgan fingerprint density at radius 2 is 1.32 bits per heavy atom. The van der Waals surface area contributed by atoms with Gasteiger partial charge in [0, 0.05) is 12.1 Å². The molecule has 0 aromatic heterocycles. The number of hydrogen-bond donors (Lipinski definition) is 4. The highest BCUT2D eigenvalue weighted by Gasteiger charge is 2.36. The third kappa shape index (κ3) is 7.04. The number of carboxylic acid groups (broad SMARTS) is 2. The van der Waals surface area contributed by atoms with Crippen LogP contribution in [-0.2, 0) is 0 Å². The van der Waals surface area contributed by atoms with Crippen molar-refractivity contribution in [3.63, 3.8) is 0 Å². The van der Waals surface area contributed by atoms with E-state index < -0.39 is 11.9 Å². The van der Waals surface area contributed by atoms with Crippen molar-refractivity contribution in [3.8, 4) is 0 Å². The largest absolute Gasteiger partial charge is 0.478 e. The molecule has 6 atom stereocenters. The minimum atomic E-state index is -1.13. The minimum Gasteiger partial charge on any atom is -0.478 e. The molecule has 6 nitrogen and oxygen atoms in total. The van der Waals surface area contributed by atoms with E-state index in [1.165, 1.54) is 63.1 Å². The average Bonchev–Trinajstić information content (AvgIpc) is 2.74. The zero-order chi connectivity index (χ0) is 23.1. The van der Waals surface area contributed by atoms with Crippen LogP contribution in [0.25, 0.3) is 0 Å². The number of nitrogens with two attached hydrogens (primary N) is 2. The second-order valence-corrected chi connectivity index (χ2v) is 9.69. The maximum absolute atomic E-state index is 10.4. The van der Waals surface area contributed by atoms with Crippen LogP contribution in [0.2, 0.25) is 0 Å². The normalized spacial score (nSPS) is 31.8. The molecule has 0 spiro atoms. The van der Waals surface area contributed by atoms with Gasteiger partial charge in [0.05, 0.1) is 11.1 Å². The maximum atomic E-state index is 10.4. The summed E-state index contributed by atoms with van der Waals surface area (Å²) < 4.78 is 0. The maximum Gasteiger partial charge on any atom is 0.335 e. The molecule has 0 radical (unpaired) electrons. The smallest absolute Gasteiger partial charge is 0.335 e. The van der Waals surface area contributed by atoms with Crippen molar-refractivity contribution < 1.29 is 19.8 Å². The van der Waals surface area contributed by atoms with Gasteiger partial charge in [0.2, 0.25) is 0 Å². The third-order valence-electron chi connectivity index (χ3n) is 7.59. The number of benzene rings is 1. The van der Waals surface area contributed by atoms with Gasteiger partial charge in [-0.15, -0.1) is 0 Å². The number of carboxylic acids is 2. The molecule has 2 fully saturated rings. The summed E-state index contributed by atoms with van der Waals surface area (Å²) in [6.07, 6.45) is 9.27. The van der Waals surface area contributed by atoms with Gasteiger partial charge < -0.3 is 21.7 Å². The topological polar surface area (TPSA) is 127 Å². The van der Waals surface area contributed by atoms with Crippen molar-refractivity contribution in [2.24, 2.45) is 41.1 Å². The summed E-state index contributed by atoms with van der Waals surface area (Å²) in [6, 6.07) is 6.10. The zero-order valence-corrected chi connectivity index (χ0v) is 19.2. The average molecular weight is 433 g/mol. The molecule has 1 aromatic carbocycles. The lowest BCUT2D eigenvalue weighted by Crippen LogP contribution is -2.41. The van der Waals surface area contributed by atoms with Crippen molar-refractivity contribution in [3.05, 3.63) is 35.4 Å². The molecule has 0 amide bonds. The van der Waals surface area contributed by atoms with E-state index in [2.05, 4.69) is 20.8 Å². The fourth-order valence-corrected chi connectivity index (χ4v) is 5.54. The quantitative estimate of drug-likeness (QED) is 0.537. The molecule has 6 heteroatoms. The summed E-state index contributed by atoms with van der Waals surface area (Å²) in [7, 11) is 0. The second-order valence-electron chi connectivity index (χ2n) is 9.69. The molecule has 31 heavy (non-hydrogen) atoms. The highest BCUT2D eigenvalue weighted by atomic mass is 16.4. The van der Waals surface area contributed by atoms with Gasteiger partial charge in [-0.2, -0.15) is 0 Å². The van der Waals surface area contributed by atoms with Gasteiger partial charge >= 0.3 is 11.9 Å². The van der Waals surface area contributed by atoms with E-state index in [0.29, 0.717) is 12.1 Å². The lowest BCUT2D eigenvalue weighted by Gasteiger charge is -2.43. The third-order valence-corrected chi connectivity index (χ3v) is 7.59. The summed E-state index contributed by atoms with van der Waals surface area (Å²) in [6.45, 7) is 7.09. The van der Waals surface area contributed by atoms with E-state index in [4.69, 9.17) is 21.7 Å². The Labute approximate surface area is 186 Å². The van der Waals surface area contributed by atoms with Gasteiger partial charge in [-0.3, -0.25) is 0 Å². The summed E-state index contributed by atoms with van der Waals surface area (Å²) in [4.78, 5) is 20.8. The first kappa shape index (κ1) is 25.3. The van der Waals surface area contributed by atoms with Crippen LogP contribution in [0.3, 0.4) is 0 Å². The van der Waals surface area contributed by atoms with E-state index in [-0.39, 0.29) is 11.1 Å². The molecule has 0 aliphatic heterocycles. The van der Waals surface area contributed by atoms with Crippen molar-refractivity contribution in [1.82, 2.24) is 0 Å². The summed E-state index contributed by atoms with van der Waals surface area (Å²) in [5.74, 6) is 1.95. The van der Waals surface area contributed by atoms with Crippen LogP contribution in [0, 0.1) is 29.6 Å². The molecular formula is C25H40N2O4. The van der Waals surface area contributed by atoms with Gasteiger partial charge in [0.15, 0.2) is 0 Å². The summed E-state index contributed by atoms with van der Waals surface area (Å²) >= 11 is 0. The lowest BCUT2D eigenvalue weighted by atomic mass is 9.64. The highest BCUT2D eigenvalue weighted by molar-refractivity contribution is 5.93. The Balaban J connectivity index is 0.000000245. The fourth-order valence-electron chi connectivity index (χ4n) is 5.54. The Morgan fingerprint density at radius 3 is 1.65 bits per heavy atom. The van der Waals surface area contributed by atoms with Crippen molar-refractivity contribution >= 4 is 11.9 Å². The predicted octanol–water partition coefficient (Wildman–Crippen LogP) is 4.62. The van der Waals surface area contributed by atoms with Gasteiger partial charge in [0.25, 0.3) is 0 Å². The van der Waals surface area contributed by atoms with Crippen LogP contribution in [0.1, 0.15) is 86.4 Å². The predicted molar refractivity (Wildman–Crippen MR) is 123 cm³/mol. The number of rotatable bonds is 5. The van der Waals surface area contributed by atoms with E-state index in [1.807, 2.05) is 0 Å². The molecule has 2 aliphatic carbocycles. The molecule has 0 saturated heterocycles. The van der Waals surface area contributed by atoms with Gasteiger partial charge in [-0.25, -0.2) is 9.59 Å². The van der Waals surface area contributed by atoms with Crippen LogP contribution in [0.15, 0.2) is 24.3 Å². The first-order valence-electron chi connectivity index (χ1n) is 11.7. The first-order valence-corrected chi connectivity index (χ1v) is 11.7. The minimum absolute atomic E-state index is 0.0186. The van der Waals surface area contributed by atoms with Crippen LogP contribution < -0.4 is 11.5 Å². The van der Waals surface area contributed by atoms with Crippen molar-refractivity contribution in [2.75, 3.05) is 0 Å². The monoisotopic (exact) mass is 432 g/mol. The SMILES string of the molecule is CCC(C1CCC(N)C(C)C1)C1CCC(N)C(C)C1.O=C(O)c1cccc(C(=O)O)c1. The Morgan fingerprint density at radius 1 is 0.903 bits per heavy atom. The standard InChI is InChI=1S/C17H34N2.C8H6O4/c1-4-15(13-5-7-16(18)11(2)9-13)14-6-8-17(19)12(3)10-14;9-7(10)5-2-1-3-6(4-5)8(11)12/h11-17H,4-10,18-19H2,1-3H3;1-4H,(H,9,10)(H,11,12). The van der Waals surface area contributed by atoms with Crippen LogP contribution >= 0.6 is 0 Å². The molecule has 0 bridgehead atoms. The van der Waals surface area contributed by atoms with E-state index in [9.17, 15) is 9.59 Å². The first-order chi connectivity index (χ1) is 14.6. The molecule has 2 saturated carbocycles. The van der Waals surface area contributed by atoms with Crippen LogP contribution in [0.4, 0.5) is 0 Å². The van der Waals surface area contributed by atoms with Gasteiger partial charge in [-0.05, 0) is 86.3 Å². The molecule has 6 unspecified atom stereocenters. The van der Waals surface area contributed by atoms with E-state index in [0.717, 1.165) is 35.7 Å². The zero-order valence-electron chi connectivity index (χ0n) is 19.2.